The molecule has 0 saturated carbocycles. The van der Waals surface area contributed by atoms with Crippen molar-refractivity contribution in [3.05, 3.63) is 76.3 Å². The van der Waals surface area contributed by atoms with Crippen molar-refractivity contribution in [2.45, 2.75) is 6.92 Å². The molecule has 3 aromatic carbocycles. The van der Waals surface area contributed by atoms with Crippen LogP contribution in [-0.4, -0.2) is 7.11 Å². The lowest BCUT2D eigenvalue weighted by atomic mass is 9.96. The first-order valence-electron chi connectivity index (χ1n) is 7.41. The van der Waals surface area contributed by atoms with E-state index in [1.165, 1.54) is 7.11 Å². The predicted molar refractivity (Wildman–Crippen MR) is 96.2 cm³/mol. The lowest BCUT2D eigenvalue weighted by molar-refractivity contribution is 0.416. The van der Waals surface area contributed by atoms with Gasteiger partial charge in [-0.2, -0.15) is 0 Å². The fourth-order valence-corrected chi connectivity index (χ4v) is 3.08. The SMILES string of the molecule is COc1ccccc1-c1ccc(-c2cc(Br)ccc2C)c(F)c1F. The largest absolute Gasteiger partial charge is 0.496 e. The van der Waals surface area contributed by atoms with Gasteiger partial charge in [0.15, 0.2) is 11.6 Å². The third-order valence-corrected chi connectivity index (χ3v) is 4.46. The second kappa shape index (κ2) is 6.73. The van der Waals surface area contributed by atoms with Gasteiger partial charge in [0.25, 0.3) is 0 Å². The number of halogens is 3. The van der Waals surface area contributed by atoms with Gasteiger partial charge in [-0.3, -0.25) is 0 Å². The first-order valence-corrected chi connectivity index (χ1v) is 8.20. The molecule has 0 aromatic heterocycles. The topological polar surface area (TPSA) is 9.23 Å². The Morgan fingerprint density at radius 3 is 2.08 bits per heavy atom. The molecule has 0 atom stereocenters. The van der Waals surface area contributed by atoms with E-state index in [1.54, 1.807) is 42.5 Å². The average molecular weight is 389 g/mol. The monoisotopic (exact) mass is 388 g/mol. The summed E-state index contributed by atoms with van der Waals surface area (Å²) in [5, 5.41) is 0. The third kappa shape index (κ3) is 2.94. The minimum Gasteiger partial charge on any atom is -0.496 e. The van der Waals surface area contributed by atoms with Crippen LogP contribution in [0.1, 0.15) is 5.56 Å². The molecule has 0 N–H and O–H groups in total. The van der Waals surface area contributed by atoms with Crippen molar-refractivity contribution in [2.24, 2.45) is 0 Å². The van der Waals surface area contributed by atoms with Crippen LogP contribution >= 0.6 is 15.9 Å². The summed E-state index contributed by atoms with van der Waals surface area (Å²) in [6, 6.07) is 15.7. The van der Waals surface area contributed by atoms with Crippen molar-refractivity contribution in [1.29, 1.82) is 0 Å². The predicted octanol–water partition coefficient (Wildman–Crippen LogP) is 6.38. The molecule has 3 aromatic rings. The molecule has 0 spiro atoms. The number of methoxy groups -OCH3 is 1. The summed E-state index contributed by atoms with van der Waals surface area (Å²) in [6.07, 6.45) is 0. The van der Waals surface area contributed by atoms with E-state index in [1.807, 2.05) is 19.1 Å². The molecule has 0 saturated heterocycles. The van der Waals surface area contributed by atoms with Crippen LogP contribution in [0.2, 0.25) is 0 Å². The molecule has 0 aliphatic carbocycles. The maximum Gasteiger partial charge on any atom is 0.167 e. The smallest absolute Gasteiger partial charge is 0.167 e. The quantitative estimate of drug-likeness (QED) is 0.505. The molecule has 122 valence electrons. The van der Waals surface area contributed by atoms with Crippen LogP contribution < -0.4 is 4.74 Å². The molecule has 4 heteroatoms. The molecule has 0 unspecified atom stereocenters. The number of rotatable bonds is 3. The van der Waals surface area contributed by atoms with Crippen LogP contribution in [0.15, 0.2) is 59.1 Å². The van der Waals surface area contributed by atoms with Gasteiger partial charge >= 0.3 is 0 Å². The summed E-state index contributed by atoms with van der Waals surface area (Å²) in [4.78, 5) is 0. The molecular formula is C20H15BrF2O. The molecule has 0 heterocycles. The van der Waals surface area contributed by atoms with Crippen molar-refractivity contribution < 1.29 is 13.5 Å². The molecule has 0 radical (unpaired) electrons. The molecule has 0 fully saturated rings. The van der Waals surface area contributed by atoms with Gasteiger partial charge in [0.05, 0.1) is 7.11 Å². The van der Waals surface area contributed by atoms with E-state index < -0.39 is 11.6 Å². The summed E-state index contributed by atoms with van der Waals surface area (Å²) in [7, 11) is 1.51. The minimum atomic E-state index is -0.878. The van der Waals surface area contributed by atoms with Gasteiger partial charge in [0.2, 0.25) is 0 Å². The molecule has 0 bridgehead atoms. The van der Waals surface area contributed by atoms with Crippen molar-refractivity contribution in [3.8, 4) is 28.0 Å². The standard InChI is InChI=1S/C20H15BrF2O/c1-12-7-8-13(21)11-17(12)16-10-9-15(19(22)20(16)23)14-5-3-4-6-18(14)24-2/h3-11H,1-2H3. The molecule has 0 amide bonds. The first-order chi connectivity index (χ1) is 11.5. The summed E-state index contributed by atoms with van der Waals surface area (Å²) in [6.45, 7) is 1.87. The number of hydrogen-bond acceptors (Lipinski definition) is 1. The van der Waals surface area contributed by atoms with E-state index in [-0.39, 0.29) is 11.1 Å². The van der Waals surface area contributed by atoms with Gasteiger partial charge in [0.1, 0.15) is 5.75 Å². The van der Waals surface area contributed by atoms with Crippen molar-refractivity contribution in [1.82, 2.24) is 0 Å². The van der Waals surface area contributed by atoms with Crippen LogP contribution in [0, 0.1) is 18.6 Å². The van der Waals surface area contributed by atoms with Crippen molar-refractivity contribution in [3.63, 3.8) is 0 Å². The highest BCUT2D eigenvalue weighted by Crippen LogP contribution is 2.37. The zero-order valence-electron chi connectivity index (χ0n) is 13.2. The van der Waals surface area contributed by atoms with Crippen LogP contribution in [0.4, 0.5) is 8.78 Å². The normalized spacial score (nSPS) is 10.7. The van der Waals surface area contributed by atoms with Gasteiger partial charge < -0.3 is 4.74 Å². The molecular weight excluding hydrogens is 374 g/mol. The summed E-state index contributed by atoms with van der Waals surface area (Å²) in [5.74, 6) is -1.24. The Kier molecular flexibility index (Phi) is 4.67. The first kappa shape index (κ1) is 16.7. The Balaban J connectivity index is 2.18. The number of benzene rings is 3. The Hall–Kier alpha value is -2.20. The molecule has 0 aliphatic heterocycles. The summed E-state index contributed by atoms with van der Waals surface area (Å²) in [5.41, 5.74) is 2.48. The Morgan fingerprint density at radius 1 is 0.792 bits per heavy atom. The maximum absolute atomic E-state index is 14.7. The third-order valence-electron chi connectivity index (χ3n) is 3.97. The van der Waals surface area contributed by atoms with E-state index in [2.05, 4.69) is 15.9 Å². The lowest BCUT2D eigenvalue weighted by Gasteiger charge is -2.13. The van der Waals surface area contributed by atoms with Gasteiger partial charge in [-0.15, -0.1) is 0 Å². The number of hydrogen-bond donors (Lipinski definition) is 0. The van der Waals surface area contributed by atoms with Gasteiger partial charge in [0, 0.05) is 21.2 Å². The van der Waals surface area contributed by atoms with Crippen molar-refractivity contribution in [2.75, 3.05) is 7.11 Å². The molecule has 24 heavy (non-hydrogen) atoms. The second-order valence-corrected chi connectivity index (χ2v) is 6.36. The van der Waals surface area contributed by atoms with Crippen LogP contribution in [0.5, 0.6) is 5.75 Å². The van der Waals surface area contributed by atoms with Crippen LogP contribution in [0.25, 0.3) is 22.3 Å². The highest BCUT2D eigenvalue weighted by atomic mass is 79.9. The van der Waals surface area contributed by atoms with E-state index in [0.717, 1.165) is 10.0 Å². The lowest BCUT2D eigenvalue weighted by Crippen LogP contribution is -1.97. The highest BCUT2D eigenvalue weighted by Gasteiger charge is 2.19. The molecule has 3 rings (SSSR count). The Bertz CT molecular complexity index is 906. The number of para-hydroxylation sites is 1. The zero-order valence-corrected chi connectivity index (χ0v) is 14.8. The van der Waals surface area contributed by atoms with E-state index in [0.29, 0.717) is 16.9 Å². The zero-order chi connectivity index (χ0) is 17.3. The number of aryl methyl sites for hydroxylation is 1. The van der Waals surface area contributed by atoms with Gasteiger partial charge in [-0.1, -0.05) is 52.3 Å². The minimum absolute atomic E-state index is 0.182. The summed E-state index contributed by atoms with van der Waals surface area (Å²) >= 11 is 3.37. The summed E-state index contributed by atoms with van der Waals surface area (Å²) < 4.78 is 35.6. The second-order valence-electron chi connectivity index (χ2n) is 5.45. The van der Waals surface area contributed by atoms with Gasteiger partial charge in [-0.05, 0) is 36.2 Å². The fraction of sp³-hybridized carbons (Fsp3) is 0.100. The maximum atomic E-state index is 14.7. The van der Waals surface area contributed by atoms with Crippen molar-refractivity contribution >= 4 is 15.9 Å². The average Bonchev–Trinajstić information content (AvgIpc) is 2.60. The highest BCUT2D eigenvalue weighted by molar-refractivity contribution is 9.10. The Morgan fingerprint density at radius 2 is 1.42 bits per heavy atom. The van der Waals surface area contributed by atoms with Crippen LogP contribution in [-0.2, 0) is 0 Å². The van der Waals surface area contributed by atoms with E-state index >= 15 is 0 Å². The molecule has 1 nitrogen and oxygen atoms in total. The van der Waals surface area contributed by atoms with Crippen LogP contribution in [0.3, 0.4) is 0 Å². The molecule has 0 aliphatic rings. The van der Waals surface area contributed by atoms with Gasteiger partial charge in [-0.25, -0.2) is 8.78 Å². The fourth-order valence-electron chi connectivity index (χ4n) is 2.72. The van der Waals surface area contributed by atoms with E-state index in [9.17, 15) is 8.78 Å². The number of ether oxygens (including phenoxy) is 1. The Labute approximate surface area is 148 Å². The van der Waals surface area contributed by atoms with E-state index in [4.69, 9.17) is 4.74 Å².